The molecule has 1 aromatic carbocycles. The Kier molecular flexibility index (Phi) is 4.46. The topological polar surface area (TPSA) is 40.1 Å². The molecule has 0 bridgehead atoms. The SMILES string of the molecule is CN=C(NC1CC1C)N1CC2OCCN(Cc3ccccc3)C2C1. The number of hydrogen-bond acceptors (Lipinski definition) is 3. The third-order valence-electron chi connectivity index (χ3n) is 5.58. The van der Waals surface area contributed by atoms with Crippen molar-refractivity contribution in [2.75, 3.05) is 33.3 Å². The number of morpholine rings is 1. The second-order valence-electron chi connectivity index (χ2n) is 7.35. The summed E-state index contributed by atoms with van der Waals surface area (Å²) < 4.78 is 6.07. The Labute approximate surface area is 144 Å². The van der Waals surface area contributed by atoms with Crippen LogP contribution in [0, 0.1) is 5.92 Å². The maximum Gasteiger partial charge on any atom is 0.194 e. The van der Waals surface area contributed by atoms with Crippen LogP contribution in [0.1, 0.15) is 18.9 Å². The molecule has 5 heteroatoms. The van der Waals surface area contributed by atoms with Gasteiger partial charge in [-0.2, -0.15) is 0 Å². The minimum Gasteiger partial charge on any atom is -0.373 e. The number of nitrogens with one attached hydrogen (secondary N) is 1. The van der Waals surface area contributed by atoms with Crippen LogP contribution in [0.15, 0.2) is 35.3 Å². The summed E-state index contributed by atoms with van der Waals surface area (Å²) in [5.41, 5.74) is 1.38. The maximum atomic E-state index is 6.07. The molecule has 1 aromatic rings. The summed E-state index contributed by atoms with van der Waals surface area (Å²) in [6.45, 7) is 7.07. The lowest BCUT2D eigenvalue weighted by molar-refractivity contribution is -0.0502. The van der Waals surface area contributed by atoms with Crippen molar-refractivity contribution in [3.8, 4) is 0 Å². The maximum absolute atomic E-state index is 6.07. The number of ether oxygens (including phenoxy) is 1. The van der Waals surface area contributed by atoms with Gasteiger partial charge in [-0.3, -0.25) is 9.89 Å². The monoisotopic (exact) mass is 328 g/mol. The number of rotatable bonds is 3. The predicted octanol–water partition coefficient (Wildman–Crippen LogP) is 1.56. The van der Waals surface area contributed by atoms with Crippen LogP contribution in [0.25, 0.3) is 0 Å². The first-order valence-corrected chi connectivity index (χ1v) is 9.12. The molecule has 1 saturated carbocycles. The lowest BCUT2D eigenvalue weighted by Gasteiger charge is -2.36. The smallest absolute Gasteiger partial charge is 0.194 e. The Morgan fingerprint density at radius 2 is 2.08 bits per heavy atom. The number of fused-ring (bicyclic) bond motifs is 1. The Morgan fingerprint density at radius 1 is 1.29 bits per heavy atom. The lowest BCUT2D eigenvalue weighted by atomic mass is 10.1. The first-order valence-electron chi connectivity index (χ1n) is 9.12. The van der Waals surface area contributed by atoms with Crippen LogP contribution in [0.4, 0.5) is 0 Å². The summed E-state index contributed by atoms with van der Waals surface area (Å²) in [4.78, 5) is 9.47. The molecular formula is C19H28N4O. The van der Waals surface area contributed by atoms with Crippen LogP contribution in [-0.4, -0.2) is 67.2 Å². The first-order chi connectivity index (χ1) is 11.7. The molecule has 130 valence electrons. The zero-order chi connectivity index (χ0) is 16.5. The summed E-state index contributed by atoms with van der Waals surface area (Å²) in [5, 5.41) is 3.61. The van der Waals surface area contributed by atoms with Crippen LogP contribution in [0.5, 0.6) is 0 Å². The van der Waals surface area contributed by atoms with Crippen LogP contribution in [-0.2, 0) is 11.3 Å². The van der Waals surface area contributed by atoms with Gasteiger partial charge in [0.05, 0.1) is 18.8 Å². The van der Waals surface area contributed by atoms with Crippen LogP contribution in [0.2, 0.25) is 0 Å². The first kappa shape index (κ1) is 15.9. The standard InChI is InChI=1S/C19H28N4O/c1-14-10-16(14)21-19(20-2)23-12-17-18(13-23)24-9-8-22(17)11-15-6-4-3-5-7-15/h3-7,14,16-18H,8-13H2,1-2H3,(H,20,21). The van der Waals surface area contributed by atoms with E-state index in [9.17, 15) is 0 Å². The Bertz CT molecular complexity index is 590. The fourth-order valence-corrected chi connectivity index (χ4v) is 3.93. The molecule has 1 N–H and O–H groups in total. The van der Waals surface area contributed by atoms with Gasteiger partial charge >= 0.3 is 0 Å². The third kappa shape index (κ3) is 3.28. The molecule has 3 aliphatic rings. The van der Waals surface area contributed by atoms with E-state index in [2.05, 4.69) is 57.4 Å². The zero-order valence-corrected chi connectivity index (χ0v) is 14.7. The van der Waals surface area contributed by atoms with Crippen molar-refractivity contribution in [3.05, 3.63) is 35.9 Å². The van der Waals surface area contributed by atoms with Gasteiger partial charge in [0.1, 0.15) is 0 Å². The van der Waals surface area contributed by atoms with Crippen molar-refractivity contribution in [2.45, 2.75) is 38.1 Å². The van der Waals surface area contributed by atoms with Crippen molar-refractivity contribution in [1.29, 1.82) is 0 Å². The van der Waals surface area contributed by atoms with E-state index >= 15 is 0 Å². The highest BCUT2D eigenvalue weighted by Crippen LogP contribution is 2.30. The lowest BCUT2D eigenvalue weighted by Crippen LogP contribution is -2.50. The molecule has 3 fully saturated rings. The summed E-state index contributed by atoms with van der Waals surface area (Å²) >= 11 is 0. The number of nitrogens with zero attached hydrogens (tertiary/aromatic N) is 3. The van der Waals surface area contributed by atoms with E-state index in [1.165, 1.54) is 12.0 Å². The number of aliphatic imine (C=N–C) groups is 1. The molecule has 0 amide bonds. The molecule has 1 aliphatic carbocycles. The van der Waals surface area contributed by atoms with E-state index in [0.717, 1.165) is 44.7 Å². The number of benzene rings is 1. The van der Waals surface area contributed by atoms with Crippen molar-refractivity contribution in [2.24, 2.45) is 10.9 Å². The minimum absolute atomic E-state index is 0.289. The molecule has 4 unspecified atom stereocenters. The second-order valence-corrected chi connectivity index (χ2v) is 7.35. The molecule has 5 nitrogen and oxygen atoms in total. The van der Waals surface area contributed by atoms with Gasteiger partial charge in [-0.05, 0) is 17.9 Å². The van der Waals surface area contributed by atoms with Crippen LogP contribution in [0.3, 0.4) is 0 Å². The molecule has 24 heavy (non-hydrogen) atoms. The zero-order valence-electron chi connectivity index (χ0n) is 14.7. The highest BCUT2D eigenvalue weighted by molar-refractivity contribution is 5.81. The summed E-state index contributed by atoms with van der Waals surface area (Å²) in [6, 6.07) is 11.8. The average molecular weight is 328 g/mol. The summed E-state index contributed by atoms with van der Waals surface area (Å²) in [7, 11) is 1.89. The Morgan fingerprint density at radius 3 is 2.79 bits per heavy atom. The molecule has 2 saturated heterocycles. The van der Waals surface area contributed by atoms with E-state index in [1.54, 1.807) is 0 Å². The highest BCUT2D eigenvalue weighted by atomic mass is 16.5. The predicted molar refractivity (Wildman–Crippen MR) is 96.0 cm³/mol. The van der Waals surface area contributed by atoms with E-state index in [0.29, 0.717) is 12.1 Å². The van der Waals surface area contributed by atoms with Gasteiger partial charge < -0.3 is 15.0 Å². The molecule has 2 heterocycles. The fourth-order valence-electron chi connectivity index (χ4n) is 3.93. The molecule has 0 aromatic heterocycles. The molecule has 2 aliphatic heterocycles. The minimum atomic E-state index is 0.289. The molecule has 0 radical (unpaired) electrons. The molecule has 4 rings (SSSR count). The largest absolute Gasteiger partial charge is 0.373 e. The summed E-state index contributed by atoms with van der Waals surface area (Å²) in [5.74, 6) is 1.82. The van der Waals surface area contributed by atoms with Crippen molar-refractivity contribution >= 4 is 5.96 Å². The Hall–Kier alpha value is -1.59. The molecule has 4 atom stereocenters. The molecule has 0 spiro atoms. The van der Waals surface area contributed by atoms with Crippen molar-refractivity contribution < 1.29 is 4.74 Å². The molecular weight excluding hydrogens is 300 g/mol. The van der Waals surface area contributed by atoms with Gasteiger partial charge in [0.25, 0.3) is 0 Å². The van der Waals surface area contributed by atoms with E-state index in [-0.39, 0.29) is 6.10 Å². The quantitative estimate of drug-likeness (QED) is 0.675. The van der Waals surface area contributed by atoms with Gasteiger partial charge in [-0.1, -0.05) is 37.3 Å². The van der Waals surface area contributed by atoms with Crippen LogP contribution >= 0.6 is 0 Å². The Balaban J connectivity index is 1.42. The van der Waals surface area contributed by atoms with Gasteiger partial charge in [0, 0.05) is 39.3 Å². The van der Waals surface area contributed by atoms with E-state index in [1.807, 2.05) is 7.05 Å². The fraction of sp³-hybridized carbons (Fsp3) is 0.632. The van der Waals surface area contributed by atoms with E-state index < -0.39 is 0 Å². The van der Waals surface area contributed by atoms with Crippen molar-refractivity contribution in [3.63, 3.8) is 0 Å². The third-order valence-corrected chi connectivity index (χ3v) is 5.58. The van der Waals surface area contributed by atoms with Crippen LogP contribution < -0.4 is 5.32 Å². The van der Waals surface area contributed by atoms with Gasteiger partial charge in [-0.15, -0.1) is 0 Å². The van der Waals surface area contributed by atoms with Gasteiger partial charge in [-0.25, -0.2) is 0 Å². The number of hydrogen-bond donors (Lipinski definition) is 1. The number of likely N-dealkylation sites (tertiary alicyclic amines) is 1. The van der Waals surface area contributed by atoms with Crippen molar-refractivity contribution in [1.82, 2.24) is 15.1 Å². The highest BCUT2D eigenvalue weighted by Gasteiger charge is 2.42. The van der Waals surface area contributed by atoms with Gasteiger partial charge in [0.2, 0.25) is 0 Å². The summed E-state index contributed by atoms with van der Waals surface area (Å²) in [6.07, 6.45) is 1.55. The number of guanidine groups is 1. The average Bonchev–Trinajstić information content (AvgIpc) is 3.12. The second kappa shape index (κ2) is 6.73. The normalized spacial score (nSPS) is 33.4. The van der Waals surface area contributed by atoms with E-state index in [4.69, 9.17) is 4.74 Å². The van der Waals surface area contributed by atoms with Gasteiger partial charge in [0.15, 0.2) is 5.96 Å².